The molecule has 1 aromatic carbocycles. The average molecular weight is 521 g/mol. The van der Waals surface area contributed by atoms with E-state index in [1.807, 2.05) is 6.07 Å². The van der Waals surface area contributed by atoms with E-state index in [0.29, 0.717) is 74.1 Å². The van der Waals surface area contributed by atoms with Gasteiger partial charge in [-0.05, 0) is 54.7 Å². The molecule has 1 aliphatic carbocycles. The van der Waals surface area contributed by atoms with E-state index in [1.165, 1.54) is 11.0 Å². The molecular weight excluding hydrogens is 489 g/mol. The number of aliphatic hydroxyl groups excluding tert-OH is 1. The number of amides is 2. The van der Waals surface area contributed by atoms with Crippen LogP contribution >= 0.6 is 0 Å². The van der Waals surface area contributed by atoms with Gasteiger partial charge in [0.05, 0.1) is 30.9 Å². The van der Waals surface area contributed by atoms with E-state index >= 15 is 0 Å². The highest BCUT2D eigenvalue weighted by atomic mass is 19.3. The number of nitrogens with zero attached hydrogens (tertiary/aromatic N) is 3. The van der Waals surface area contributed by atoms with Crippen LogP contribution in [-0.2, 0) is 4.74 Å². The Balaban J connectivity index is 1.42. The number of aromatic nitrogens is 1. The van der Waals surface area contributed by atoms with Crippen molar-refractivity contribution in [3.05, 3.63) is 35.6 Å². The lowest BCUT2D eigenvalue weighted by molar-refractivity contribution is 0.0347. The van der Waals surface area contributed by atoms with Gasteiger partial charge in [0.1, 0.15) is 18.2 Å². The number of anilines is 2. The van der Waals surface area contributed by atoms with E-state index in [1.54, 1.807) is 19.1 Å². The molecule has 200 valence electrons. The van der Waals surface area contributed by atoms with Gasteiger partial charge < -0.3 is 29.7 Å². The van der Waals surface area contributed by atoms with Crippen molar-refractivity contribution >= 4 is 17.5 Å². The lowest BCUT2D eigenvalue weighted by atomic mass is 9.94. The highest BCUT2D eigenvalue weighted by Crippen LogP contribution is 2.64. The van der Waals surface area contributed by atoms with Crippen LogP contribution in [0.1, 0.15) is 24.8 Å². The minimum atomic E-state index is -2.75. The summed E-state index contributed by atoms with van der Waals surface area (Å²) in [5, 5.41) is 11.8. The minimum Gasteiger partial charge on any atom is -0.475 e. The SMILES string of the molecule is Cc1cc(F)c(NC(=O)N2CCCC3(C2)CC3(F)F)cc1-c1cc(OCCO)nc(N2CCOCC2)c1. The molecule has 5 rings (SSSR count). The number of benzene rings is 1. The first-order valence-corrected chi connectivity index (χ1v) is 12.5. The van der Waals surface area contributed by atoms with Gasteiger partial charge in [0.2, 0.25) is 5.88 Å². The number of aliphatic hydroxyl groups is 1. The number of carbonyl (C=O) groups is 1. The molecule has 2 amide bonds. The van der Waals surface area contributed by atoms with Crippen LogP contribution in [0.4, 0.5) is 29.5 Å². The Hall–Kier alpha value is -3.05. The second kappa shape index (κ2) is 10.0. The Kier molecular flexibility index (Phi) is 6.93. The number of urea groups is 1. The highest BCUT2D eigenvalue weighted by Gasteiger charge is 2.71. The van der Waals surface area contributed by atoms with Crippen LogP contribution in [0.25, 0.3) is 11.1 Å². The molecule has 37 heavy (non-hydrogen) atoms. The summed E-state index contributed by atoms with van der Waals surface area (Å²) in [4.78, 5) is 20.9. The number of pyridine rings is 1. The van der Waals surface area contributed by atoms with Gasteiger partial charge in [-0.3, -0.25) is 0 Å². The normalized spacial score (nSPS) is 22.7. The zero-order chi connectivity index (χ0) is 26.2. The lowest BCUT2D eigenvalue weighted by Crippen LogP contribution is -2.44. The molecule has 8 nitrogen and oxygen atoms in total. The summed E-state index contributed by atoms with van der Waals surface area (Å²) in [7, 11) is 0. The fourth-order valence-electron chi connectivity index (χ4n) is 5.23. The van der Waals surface area contributed by atoms with E-state index < -0.39 is 23.2 Å². The smallest absolute Gasteiger partial charge is 0.321 e. The van der Waals surface area contributed by atoms with E-state index in [0.717, 1.165) is 0 Å². The van der Waals surface area contributed by atoms with Gasteiger partial charge in [-0.2, -0.15) is 4.98 Å². The number of piperidine rings is 1. The number of ether oxygens (including phenoxy) is 2. The minimum absolute atomic E-state index is 0.0321. The monoisotopic (exact) mass is 520 g/mol. The first-order chi connectivity index (χ1) is 17.7. The Bertz CT molecular complexity index is 1170. The topological polar surface area (TPSA) is 87.2 Å². The predicted molar refractivity (Wildman–Crippen MR) is 132 cm³/mol. The molecule has 1 atom stereocenters. The van der Waals surface area contributed by atoms with Crippen molar-refractivity contribution in [2.24, 2.45) is 5.41 Å². The standard InChI is InChI=1S/C26H31F3N4O4/c1-17-11-20(27)21(30-24(35)33-4-2-3-25(16-33)15-26(25,28)29)14-19(17)18-12-22(32-5-8-36-9-6-32)31-23(13-18)37-10-7-34/h11-14,34H,2-10,15-16H2,1H3,(H,30,35). The van der Waals surface area contributed by atoms with Crippen LogP contribution in [0.3, 0.4) is 0 Å². The molecule has 0 radical (unpaired) electrons. The van der Waals surface area contributed by atoms with Gasteiger partial charge in [-0.1, -0.05) is 0 Å². The summed E-state index contributed by atoms with van der Waals surface area (Å²) in [5.41, 5.74) is 0.822. The molecule has 2 saturated heterocycles. The third-order valence-electron chi connectivity index (χ3n) is 7.41. The zero-order valence-electron chi connectivity index (χ0n) is 20.7. The van der Waals surface area contributed by atoms with Gasteiger partial charge >= 0.3 is 6.03 Å². The summed E-state index contributed by atoms with van der Waals surface area (Å²) in [6.45, 7) is 4.40. The number of carbonyl (C=O) groups excluding carboxylic acids is 1. The van der Waals surface area contributed by atoms with Crippen LogP contribution in [-0.4, -0.2) is 79.6 Å². The van der Waals surface area contributed by atoms with E-state index in [2.05, 4.69) is 15.2 Å². The van der Waals surface area contributed by atoms with Crippen molar-refractivity contribution in [3.63, 3.8) is 0 Å². The summed E-state index contributed by atoms with van der Waals surface area (Å²) in [6.07, 6.45) is 0.671. The van der Waals surface area contributed by atoms with Crippen LogP contribution in [0, 0.1) is 18.2 Å². The first kappa shape index (κ1) is 25.6. The van der Waals surface area contributed by atoms with Crippen LogP contribution in [0.15, 0.2) is 24.3 Å². The number of likely N-dealkylation sites (tertiary alicyclic amines) is 1. The maximum atomic E-state index is 14.9. The molecule has 3 fully saturated rings. The fourth-order valence-corrected chi connectivity index (χ4v) is 5.23. The molecule has 1 spiro atoms. The number of halogens is 3. The van der Waals surface area contributed by atoms with Crippen molar-refractivity contribution in [1.29, 1.82) is 0 Å². The molecule has 2 N–H and O–H groups in total. The zero-order valence-corrected chi connectivity index (χ0v) is 20.7. The molecule has 1 aromatic heterocycles. The van der Waals surface area contributed by atoms with E-state index in [9.17, 15) is 23.1 Å². The largest absolute Gasteiger partial charge is 0.475 e. The molecule has 3 heterocycles. The van der Waals surface area contributed by atoms with Gasteiger partial charge in [0.25, 0.3) is 5.92 Å². The molecule has 2 aromatic rings. The van der Waals surface area contributed by atoms with Gasteiger partial charge in [0, 0.05) is 38.7 Å². The molecule has 1 saturated carbocycles. The number of hydrogen-bond donors (Lipinski definition) is 2. The fraction of sp³-hybridized carbons (Fsp3) is 0.538. The maximum absolute atomic E-state index is 14.9. The predicted octanol–water partition coefficient (Wildman–Crippen LogP) is 4.06. The third kappa shape index (κ3) is 5.19. The quantitative estimate of drug-likeness (QED) is 0.598. The van der Waals surface area contributed by atoms with E-state index in [-0.39, 0.29) is 31.9 Å². The highest BCUT2D eigenvalue weighted by molar-refractivity contribution is 5.91. The molecular formula is C26H31F3N4O4. The van der Waals surface area contributed by atoms with Crippen molar-refractivity contribution in [3.8, 4) is 17.0 Å². The van der Waals surface area contributed by atoms with Gasteiger partial charge in [0.15, 0.2) is 0 Å². The summed E-state index contributed by atoms with van der Waals surface area (Å²) >= 11 is 0. The van der Waals surface area contributed by atoms with Crippen molar-refractivity contribution < 1.29 is 32.5 Å². The van der Waals surface area contributed by atoms with E-state index in [4.69, 9.17) is 9.47 Å². The number of hydrogen-bond acceptors (Lipinski definition) is 6. The second-order valence-electron chi connectivity index (χ2n) is 9.99. The Labute approximate surface area is 213 Å². The van der Waals surface area contributed by atoms with Crippen molar-refractivity contribution in [2.45, 2.75) is 32.1 Å². The summed E-state index contributed by atoms with van der Waals surface area (Å²) < 4.78 is 53.8. The molecule has 1 unspecified atom stereocenters. The third-order valence-corrected chi connectivity index (χ3v) is 7.41. The van der Waals surface area contributed by atoms with Crippen molar-refractivity contribution in [1.82, 2.24) is 9.88 Å². The van der Waals surface area contributed by atoms with Gasteiger partial charge in [-0.25, -0.2) is 18.0 Å². The Morgan fingerprint density at radius 2 is 1.97 bits per heavy atom. The van der Waals surface area contributed by atoms with Crippen LogP contribution in [0.2, 0.25) is 0 Å². The maximum Gasteiger partial charge on any atom is 0.321 e. The summed E-state index contributed by atoms with van der Waals surface area (Å²) in [6, 6.07) is 5.86. The molecule has 2 aliphatic heterocycles. The van der Waals surface area contributed by atoms with Crippen molar-refractivity contribution in [2.75, 3.05) is 62.8 Å². The number of aryl methyl sites for hydroxylation is 1. The summed E-state index contributed by atoms with van der Waals surface area (Å²) in [5.74, 6) is -2.39. The lowest BCUT2D eigenvalue weighted by Gasteiger charge is -2.33. The Morgan fingerprint density at radius 3 is 2.68 bits per heavy atom. The van der Waals surface area contributed by atoms with Crippen LogP contribution < -0.4 is 15.0 Å². The number of alkyl halides is 2. The number of morpholine rings is 1. The van der Waals surface area contributed by atoms with Crippen LogP contribution in [0.5, 0.6) is 5.88 Å². The molecule has 3 aliphatic rings. The molecule has 11 heteroatoms. The Morgan fingerprint density at radius 1 is 1.22 bits per heavy atom. The first-order valence-electron chi connectivity index (χ1n) is 12.5. The second-order valence-corrected chi connectivity index (χ2v) is 9.99. The molecule has 0 bridgehead atoms. The van der Waals surface area contributed by atoms with Gasteiger partial charge in [-0.15, -0.1) is 0 Å². The number of rotatable bonds is 6. The average Bonchev–Trinajstić information content (AvgIpc) is 3.41. The number of nitrogens with one attached hydrogen (secondary N) is 1.